The van der Waals surface area contributed by atoms with Crippen molar-refractivity contribution in [3.63, 3.8) is 0 Å². The smallest absolute Gasteiger partial charge is 0.171 e. The molecule has 1 N–H and O–H groups in total. The second kappa shape index (κ2) is 7.85. The fourth-order valence-electron chi connectivity index (χ4n) is 3.51. The van der Waals surface area contributed by atoms with E-state index < -0.39 is 0 Å². The molecule has 2 aromatic heterocycles. The molecule has 7 heteroatoms. The molecular formula is C19H21ClN6. The third-order valence-electron chi connectivity index (χ3n) is 4.87. The number of nitrogens with zero attached hydrogens (tertiary/aromatic N) is 5. The minimum Gasteiger partial charge on any atom is -0.351 e. The summed E-state index contributed by atoms with van der Waals surface area (Å²) in [5, 5.41) is 7.58. The second-order valence-electron chi connectivity index (χ2n) is 6.43. The number of hydrogen-bond donors (Lipinski definition) is 1. The first-order valence-corrected chi connectivity index (χ1v) is 9.17. The molecule has 3 aromatic rings. The highest BCUT2D eigenvalue weighted by molar-refractivity contribution is 6.31. The van der Waals surface area contributed by atoms with E-state index >= 15 is 0 Å². The van der Waals surface area contributed by atoms with Crippen LogP contribution < -0.4 is 4.90 Å². The standard InChI is InChI=1S/C19H21ClN6/c20-18-19(22-7-6-21-18)26-10-8-25(9-11-26)17(16-13-23-24-14-16)12-15-4-2-1-3-5-15/h1-7,13-14,17H,8-12H2,(H,23,24). The summed E-state index contributed by atoms with van der Waals surface area (Å²) in [6, 6.07) is 10.9. The Kier molecular flexibility index (Phi) is 5.13. The van der Waals surface area contributed by atoms with Crippen LogP contribution in [0.3, 0.4) is 0 Å². The first-order chi connectivity index (χ1) is 12.8. The van der Waals surface area contributed by atoms with Gasteiger partial charge >= 0.3 is 0 Å². The molecule has 1 aliphatic heterocycles. The predicted molar refractivity (Wildman–Crippen MR) is 102 cm³/mol. The molecule has 4 rings (SSSR count). The van der Waals surface area contributed by atoms with E-state index in [1.807, 2.05) is 12.4 Å². The summed E-state index contributed by atoms with van der Waals surface area (Å²) in [6.07, 6.45) is 8.21. The van der Waals surface area contributed by atoms with Gasteiger partial charge in [0.1, 0.15) is 0 Å². The van der Waals surface area contributed by atoms with Crippen molar-refractivity contribution in [3.8, 4) is 0 Å². The minimum absolute atomic E-state index is 0.302. The monoisotopic (exact) mass is 368 g/mol. The van der Waals surface area contributed by atoms with Gasteiger partial charge in [0.05, 0.1) is 6.20 Å². The van der Waals surface area contributed by atoms with Crippen LogP contribution in [0.5, 0.6) is 0 Å². The molecule has 1 atom stereocenters. The summed E-state index contributed by atoms with van der Waals surface area (Å²) in [5.41, 5.74) is 2.55. The summed E-state index contributed by atoms with van der Waals surface area (Å²) in [6.45, 7) is 3.63. The third kappa shape index (κ3) is 3.71. The Morgan fingerprint density at radius 3 is 2.50 bits per heavy atom. The number of hydrogen-bond acceptors (Lipinski definition) is 5. The topological polar surface area (TPSA) is 60.9 Å². The van der Waals surface area contributed by atoms with Gasteiger partial charge in [0.2, 0.25) is 0 Å². The average Bonchev–Trinajstić information content (AvgIpc) is 3.22. The summed E-state index contributed by atoms with van der Waals surface area (Å²) < 4.78 is 0. The Labute approximate surface area is 157 Å². The number of H-pyrrole nitrogens is 1. The maximum absolute atomic E-state index is 6.20. The van der Waals surface area contributed by atoms with Crippen molar-refractivity contribution in [2.24, 2.45) is 0 Å². The van der Waals surface area contributed by atoms with Gasteiger partial charge in [-0.3, -0.25) is 10.00 Å². The number of aromatic amines is 1. The minimum atomic E-state index is 0.302. The van der Waals surface area contributed by atoms with Gasteiger partial charge in [0, 0.05) is 56.4 Å². The Morgan fingerprint density at radius 2 is 1.81 bits per heavy atom. The molecule has 0 spiro atoms. The molecule has 0 bridgehead atoms. The van der Waals surface area contributed by atoms with Gasteiger partial charge in [-0.1, -0.05) is 41.9 Å². The van der Waals surface area contributed by atoms with E-state index in [1.54, 1.807) is 12.4 Å². The Hall–Kier alpha value is -2.44. The summed E-state index contributed by atoms with van der Waals surface area (Å²) in [7, 11) is 0. The normalized spacial score (nSPS) is 16.6. The Bertz CT molecular complexity index is 815. The maximum Gasteiger partial charge on any atom is 0.171 e. The van der Waals surface area contributed by atoms with Crippen LogP contribution in [0.1, 0.15) is 17.2 Å². The quantitative estimate of drug-likeness (QED) is 0.750. The van der Waals surface area contributed by atoms with Gasteiger partial charge in [-0.15, -0.1) is 0 Å². The van der Waals surface area contributed by atoms with Crippen LogP contribution in [-0.2, 0) is 6.42 Å². The zero-order valence-electron chi connectivity index (χ0n) is 14.4. The van der Waals surface area contributed by atoms with Crippen LogP contribution in [0.15, 0.2) is 55.1 Å². The molecule has 0 radical (unpaired) electrons. The largest absolute Gasteiger partial charge is 0.351 e. The van der Waals surface area contributed by atoms with Crippen LogP contribution in [0, 0.1) is 0 Å². The molecule has 1 aliphatic rings. The van der Waals surface area contributed by atoms with E-state index in [0.717, 1.165) is 38.4 Å². The van der Waals surface area contributed by atoms with Gasteiger partial charge in [0.15, 0.2) is 11.0 Å². The molecule has 1 unspecified atom stereocenters. The van der Waals surface area contributed by atoms with E-state index in [0.29, 0.717) is 11.2 Å². The number of halogens is 1. The van der Waals surface area contributed by atoms with Crippen molar-refractivity contribution >= 4 is 17.4 Å². The van der Waals surface area contributed by atoms with Crippen LogP contribution in [0.4, 0.5) is 5.82 Å². The van der Waals surface area contributed by atoms with E-state index in [4.69, 9.17) is 11.6 Å². The molecule has 1 saturated heterocycles. The highest BCUT2D eigenvalue weighted by atomic mass is 35.5. The van der Waals surface area contributed by atoms with Gasteiger partial charge in [-0.25, -0.2) is 9.97 Å². The van der Waals surface area contributed by atoms with Crippen molar-refractivity contribution in [1.82, 2.24) is 25.1 Å². The first kappa shape index (κ1) is 17.0. The first-order valence-electron chi connectivity index (χ1n) is 8.79. The SMILES string of the molecule is Clc1nccnc1N1CCN(C(Cc2ccccc2)c2cn[nH]c2)CC1. The van der Waals surface area contributed by atoms with Crippen molar-refractivity contribution in [2.75, 3.05) is 31.1 Å². The summed E-state index contributed by atoms with van der Waals surface area (Å²) >= 11 is 6.20. The number of piperazine rings is 1. The van der Waals surface area contributed by atoms with Gasteiger partial charge in [-0.05, 0) is 12.0 Å². The molecular weight excluding hydrogens is 348 g/mol. The summed E-state index contributed by atoms with van der Waals surface area (Å²) in [5.74, 6) is 0.775. The Balaban J connectivity index is 1.48. The summed E-state index contributed by atoms with van der Waals surface area (Å²) in [4.78, 5) is 13.2. The molecule has 3 heterocycles. The van der Waals surface area contributed by atoms with E-state index in [-0.39, 0.29) is 0 Å². The van der Waals surface area contributed by atoms with E-state index in [2.05, 4.69) is 60.3 Å². The molecule has 0 saturated carbocycles. The van der Waals surface area contributed by atoms with Crippen molar-refractivity contribution < 1.29 is 0 Å². The van der Waals surface area contributed by atoms with Gasteiger partial charge in [-0.2, -0.15) is 5.10 Å². The molecule has 0 amide bonds. The highest BCUT2D eigenvalue weighted by Crippen LogP contribution is 2.28. The van der Waals surface area contributed by atoms with Gasteiger partial charge < -0.3 is 4.90 Å². The molecule has 1 aromatic carbocycles. The molecule has 0 aliphatic carbocycles. The zero-order valence-corrected chi connectivity index (χ0v) is 15.2. The lowest BCUT2D eigenvalue weighted by Crippen LogP contribution is -2.48. The maximum atomic E-state index is 6.20. The number of benzene rings is 1. The van der Waals surface area contributed by atoms with Crippen LogP contribution in [-0.4, -0.2) is 51.2 Å². The zero-order chi connectivity index (χ0) is 17.8. The third-order valence-corrected chi connectivity index (χ3v) is 5.13. The average molecular weight is 369 g/mol. The second-order valence-corrected chi connectivity index (χ2v) is 6.79. The van der Waals surface area contributed by atoms with Crippen molar-refractivity contribution in [3.05, 3.63) is 71.4 Å². The number of aromatic nitrogens is 4. The van der Waals surface area contributed by atoms with Crippen molar-refractivity contribution in [1.29, 1.82) is 0 Å². The van der Waals surface area contributed by atoms with Crippen LogP contribution in [0.25, 0.3) is 0 Å². The molecule has 1 fully saturated rings. The highest BCUT2D eigenvalue weighted by Gasteiger charge is 2.27. The lowest BCUT2D eigenvalue weighted by Gasteiger charge is -2.39. The molecule has 6 nitrogen and oxygen atoms in total. The lowest BCUT2D eigenvalue weighted by molar-refractivity contribution is 0.184. The fraction of sp³-hybridized carbons (Fsp3) is 0.316. The van der Waals surface area contributed by atoms with Crippen LogP contribution in [0.2, 0.25) is 5.15 Å². The van der Waals surface area contributed by atoms with Crippen LogP contribution >= 0.6 is 11.6 Å². The van der Waals surface area contributed by atoms with E-state index in [1.165, 1.54) is 11.1 Å². The number of nitrogens with one attached hydrogen (secondary N) is 1. The Morgan fingerprint density at radius 1 is 1.04 bits per heavy atom. The van der Waals surface area contributed by atoms with Gasteiger partial charge in [0.25, 0.3) is 0 Å². The van der Waals surface area contributed by atoms with Crippen molar-refractivity contribution in [2.45, 2.75) is 12.5 Å². The molecule has 26 heavy (non-hydrogen) atoms. The molecule has 134 valence electrons. The predicted octanol–water partition coefficient (Wildman–Crippen LogP) is 2.96. The number of anilines is 1. The fourth-order valence-corrected chi connectivity index (χ4v) is 3.73. The lowest BCUT2D eigenvalue weighted by atomic mass is 9.99. The van der Waals surface area contributed by atoms with E-state index in [9.17, 15) is 0 Å². The number of rotatable bonds is 5.